The normalized spacial score (nSPS) is 21.6. The van der Waals surface area contributed by atoms with Crippen LogP contribution in [0, 0.1) is 5.92 Å². The smallest absolute Gasteiger partial charge is 0.407 e. The van der Waals surface area contributed by atoms with E-state index in [1.165, 1.54) is 7.11 Å². The first-order valence-corrected chi connectivity index (χ1v) is 17.8. The summed E-state index contributed by atoms with van der Waals surface area (Å²) in [6.07, 6.45) is -7.42. The van der Waals surface area contributed by atoms with Crippen LogP contribution in [0.5, 0.6) is 0 Å². The second-order valence-electron chi connectivity index (χ2n) is 12.9. The molecule has 20 heteroatoms. The summed E-state index contributed by atoms with van der Waals surface area (Å²) in [6.45, 7) is 5.52. The molecule has 0 aliphatic carbocycles. The van der Waals surface area contributed by atoms with E-state index < -0.39 is 91.6 Å². The van der Waals surface area contributed by atoms with Gasteiger partial charge in [0.25, 0.3) is 0 Å². The highest BCUT2D eigenvalue weighted by molar-refractivity contribution is 5.89. The highest BCUT2D eigenvalue weighted by atomic mass is 16.6. The zero-order chi connectivity index (χ0) is 39.8. The van der Waals surface area contributed by atoms with E-state index in [-0.39, 0.29) is 58.3 Å². The number of ether oxygens (including phenoxy) is 6. The predicted octanol–water partition coefficient (Wildman–Crippen LogP) is -1.60. The minimum Gasteiger partial charge on any atom is -0.479 e. The van der Waals surface area contributed by atoms with Crippen LogP contribution in [0.1, 0.15) is 59.3 Å². The van der Waals surface area contributed by atoms with Gasteiger partial charge in [0.1, 0.15) is 37.6 Å². The number of nitrogens with one attached hydrogen (secondary N) is 4. The Balaban J connectivity index is 2.88. The third-order valence-electron chi connectivity index (χ3n) is 7.96. The molecule has 0 aromatic carbocycles. The Morgan fingerprint density at radius 3 is 2.15 bits per heavy atom. The maximum absolute atomic E-state index is 13.2. The van der Waals surface area contributed by atoms with Crippen molar-refractivity contribution in [2.24, 2.45) is 5.92 Å². The molecule has 1 fully saturated rings. The number of carboxylic acids is 1. The molecule has 0 radical (unpaired) electrons. The van der Waals surface area contributed by atoms with Crippen LogP contribution in [-0.4, -0.2) is 171 Å². The summed E-state index contributed by atoms with van der Waals surface area (Å²) in [6, 6.07) is -2.63. The van der Waals surface area contributed by atoms with E-state index in [0.29, 0.717) is 26.1 Å². The number of carboxylic acid groups (broad SMARTS) is 1. The molecule has 0 aromatic rings. The van der Waals surface area contributed by atoms with E-state index in [1.54, 1.807) is 13.8 Å². The average molecular weight is 769 g/mol. The standard InChI is InChI=1S/C33H60N4O16/c1-5-10-49-13-15-51-31(46)34-9-7-6-8-22(36-32(47)52-16-14-50-12-11-48-4)29(43)35-19-25(41)37-26-23(39)18-33(30(44)45,17-21(2)3)53-28(26)27(42)24(40)20-38/h21-24,26-28,38-40,42H,5-20H2,1-4H3,(H,34,46)(H,35,43)(H,36,47)(H,37,41)(H,44,45). The molecule has 1 rings (SSSR count). The Morgan fingerprint density at radius 1 is 0.906 bits per heavy atom. The number of methoxy groups -OCH3 is 1. The first kappa shape index (κ1) is 47.7. The Morgan fingerprint density at radius 2 is 1.55 bits per heavy atom. The van der Waals surface area contributed by atoms with E-state index in [0.717, 1.165) is 6.42 Å². The fourth-order valence-corrected chi connectivity index (χ4v) is 5.44. The molecule has 7 atom stereocenters. The molecule has 20 nitrogen and oxygen atoms in total. The van der Waals surface area contributed by atoms with Crippen molar-refractivity contribution in [2.75, 3.05) is 73.1 Å². The van der Waals surface area contributed by atoms with Gasteiger partial charge >= 0.3 is 18.2 Å². The lowest BCUT2D eigenvalue weighted by atomic mass is 9.79. The fraction of sp³-hybridized carbons (Fsp3) is 0.848. The van der Waals surface area contributed by atoms with Gasteiger partial charge in [-0.2, -0.15) is 0 Å². The van der Waals surface area contributed by atoms with Crippen molar-refractivity contribution in [1.82, 2.24) is 21.3 Å². The van der Waals surface area contributed by atoms with Gasteiger partial charge < -0.3 is 75.2 Å². The lowest BCUT2D eigenvalue weighted by molar-refractivity contribution is -0.233. The van der Waals surface area contributed by atoms with Crippen LogP contribution in [0.25, 0.3) is 0 Å². The minimum absolute atomic E-state index is 0.0685. The van der Waals surface area contributed by atoms with Crippen LogP contribution in [-0.2, 0) is 42.8 Å². The summed E-state index contributed by atoms with van der Waals surface area (Å²) in [5, 5.41) is 61.1. The molecule has 0 spiro atoms. The van der Waals surface area contributed by atoms with Crippen LogP contribution in [0.4, 0.5) is 9.59 Å². The molecule has 9 N–H and O–H groups in total. The number of carbonyl (C=O) groups excluding carboxylic acids is 4. The van der Waals surface area contributed by atoms with Gasteiger partial charge in [-0.15, -0.1) is 0 Å². The summed E-state index contributed by atoms with van der Waals surface area (Å²) in [4.78, 5) is 62.8. The second-order valence-corrected chi connectivity index (χ2v) is 12.9. The Labute approximate surface area is 309 Å². The average Bonchev–Trinajstić information content (AvgIpc) is 3.11. The number of aliphatic hydroxyl groups excluding tert-OH is 4. The van der Waals surface area contributed by atoms with Crippen molar-refractivity contribution in [1.29, 1.82) is 0 Å². The number of carbonyl (C=O) groups is 5. The Bertz CT molecular complexity index is 1100. The molecule has 7 unspecified atom stereocenters. The van der Waals surface area contributed by atoms with E-state index in [4.69, 9.17) is 28.4 Å². The van der Waals surface area contributed by atoms with E-state index in [2.05, 4.69) is 21.3 Å². The van der Waals surface area contributed by atoms with Gasteiger partial charge in [-0.05, 0) is 38.0 Å². The van der Waals surface area contributed by atoms with E-state index in [1.807, 2.05) is 6.92 Å². The zero-order valence-electron chi connectivity index (χ0n) is 31.1. The molecule has 1 saturated heterocycles. The fourth-order valence-electron chi connectivity index (χ4n) is 5.44. The molecule has 0 saturated carbocycles. The summed E-state index contributed by atoms with van der Waals surface area (Å²) in [7, 11) is 1.51. The SMILES string of the molecule is CCCOCCOC(=O)NCCCCC(NC(=O)OCCOCCOC)C(=O)NCC(=O)NC1C(O)CC(CC(C)C)(C(=O)O)OC1C(O)C(O)CO. The van der Waals surface area contributed by atoms with Crippen molar-refractivity contribution in [3.63, 3.8) is 0 Å². The number of unbranched alkanes of at least 4 members (excludes halogenated alkanes) is 1. The van der Waals surface area contributed by atoms with Crippen LogP contribution < -0.4 is 21.3 Å². The zero-order valence-corrected chi connectivity index (χ0v) is 31.1. The minimum atomic E-state index is -1.97. The van der Waals surface area contributed by atoms with Gasteiger partial charge in [0.05, 0.1) is 51.7 Å². The molecule has 1 aliphatic heterocycles. The number of aliphatic hydroxyl groups is 4. The molecule has 0 bridgehead atoms. The van der Waals surface area contributed by atoms with Gasteiger partial charge in [0.2, 0.25) is 11.8 Å². The first-order chi connectivity index (χ1) is 25.2. The van der Waals surface area contributed by atoms with Crippen LogP contribution in [0.2, 0.25) is 0 Å². The maximum Gasteiger partial charge on any atom is 0.407 e. The molecule has 53 heavy (non-hydrogen) atoms. The number of rotatable bonds is 27. The van der Waals surface area contributed by atoms with Crippen LogP contribution >= 0.6 is 0 Å². The van der Waals surface area contributed by atoms with Crippen molar-refractivity contribution >= 4 is 30.0 Å². The molecule has 0 aromatic heterocycles. The lowest BCUT2D eigenvalue weighted by Crippen LogP contribution is -2.68. The molecule has 1 heterocycles. The van der Waals surface area contributed by atoms with Crippen LogP contribution in [0.15, 0.2) is 0 Å². The summed E-state index contributed by atoms with van der Waals surface area (Å²) in [5.74, 6) is -3.30. The van der Waals surface area contributed by atoms with Gasteiger partial charge in [0.15, 0.2) is 5.60 Å². The second kappa shape index (κ2) is 26.4. The van der Waals surface area contributed by atoms with Crippen molar-refractivity contribution < 1.29 is 77.9 Å². The largest absolute Gasteiger partial charge is 0.479 e. The van der Waals surface area contributed by atoms with Crippen molar-refractivity contribution in [3.8, 4) is 0 Å². The highest BCUT2D eigenvalue weighted by Gasteiger charge is 2.54. The molecule has 1 aliphatic rings. The van der Waals surface area contributed by atoms with E-state index >= 15 is 0 Å². The predicted molar refractivity (Wildman–Crippen MR) is 185 cm³/mol. The van der Waals surface area contributed by atoms with E-state index in [9.17, 15) is 49.5 Å². The monoisotopic (exact) mass is 768 g/mol. The third kappa shape index (κ3) is 18.5. The van der Waals surface area contributed by atoms with Gasteiger partial charge in [-0.3, -0.25) is 9.59 Å². The molecular formula is C33H60N4O16. The molecular weight excluding hydrogens is 708 g/mol. The quantitative estimate of drug-likeness (QED) is 0.0426. The van der Waals surface area contributed by atoms with Gasteiger partial charge in [-0.1, -0.05) is 20.8 Å². The number of amides is 4. The molecule has 4 amide bonds. The topological polar surface area (TPSA) is 290 Å². The van der Waals surface area contributed by atoms with Crippen molar-refractivity contribution in [3.05, 3.63) is 0 Å². The molecule has 308 valence electrons. The lowest BCUT2D eigenvalue weighted by Gasteiger charge is -2.47. The number of aliphatic carboxylic acids is 1. The van der Waals surface area contributed by atoms with Gasteiger partial charge in [0, 0.05) is 26.7 Å². The summed E-state index contributed by atoms with van der Waals surface area (Å²) >= 11 is 0. The third-order valence-corrected chi connectivity index (χ3v) is 7.96. The summed E-state index contributed by atoms with van der Waals surface area (Å²) < 4.78 is 31.2. The maximum atomic E-state index is 13.2. The number of hydrogen-bond donors (Lipinski definition) is 9. The van der Waals surface area contributed by atoms with Crippen molar-refractivity contribution in [2.45, 2.75) is 101 Å². The number of alkyl carbamates (subject to hydrolysis) is 2. The summed E-state index contributed by atoms with van der Waals surface area (Å²) in [5.41, 5.74) is -1.97. The first-order valence-electron chi connectivity index (χ1n) is 17.8. The van der Waals surface area contributed by atoms with Gasteiger partial charge in [-0.25, -0.2) is 14.4 Å². The highest BCUT2D eigenvalue weighted by Crippen LogP contribution is 2.36. The Kier molecular flexibility index (Phi) is 23.7. The Hall–Kier alpha value is -3.37. The number of hydrogen-bond acceptors (Lipinski definition) is 15. The van der Waals surface area contributed by atoms with Crippen LogP contribution in [0.3, 0.4) is 0 Å².